The van der Waals surface area contributed by atoms with Crippen molar-refractivity contribution in [3.63, 3.8) is 0 Å². The minimum Gasteiger partial charge on any atom is -0.410 e. The van der Waals surface area contributed by atoms with Gasteiger partial charge in [-0.3, -0.25) is 0 Å². The minimum absolute atomic E-state index is 0.570. The number of hydrogen-bond acceptors (Lipinski definition) is 4. The molecule has 122 valence electrons. The molecule has 5 heteroatoms. The molecule has 0 atom stereocenters. The average molecular weight is 336 g/mol. The molecule has 2 N–H and O–H groups in total. The first-order chi connectivity index (χ1) is 12.8. The first kappa shape index (κ1) is 14.4. The van der Waals surface area contributed by atoms with Gasteiger partial charge in [-0.05, 0) is 23.8 Å². The number of aromatic amines is 1. The zero-order valence-corrected chi connectivity index (χ0v) is 13.6. The molecule has 1 heterocycles. The summed E-state index contributed by atoms with van der Waals surface area (Å²) in [5.41, 5.74) is 7.50. The monoisotopic (exact) mass is 336 g/mol. The van der Waals surface area contributed by atoms with Crippen LogP contribution in [-0.2, 0) is 0 Å². The normalized spacial score (nSPS) is 13.6. The van der Waals surface area contributed by atoms with Crippen molar-refractivity contribution in [3.05, 3.63) is 77.4 Å². The zero-order chi connectivity index (χ0) is 17.7. The summed E-state index contributed by atoms with van der Waals surface area (Å²) in [7, 11) is 0. The van der Waals surface area contributed by atoms with Gasteiger partial charge in [0, 0.05) is 22.3 Å². The first-order valence-electron chi connectivity index (χ1n) is 8.15. The van der Waals surface area contributed by atoms with Crippen LogP contribution in [0.1, 0.15) is 16.7 Å². The molecule has 0 saturated carbocycles. The van der Waals surface area contributed by atoms with E-state index in [1.165, 1.54) is 0 Å². The Labute approximate surface area is 148 Å². The third-order valence-electron chi connectivity index (χ3n) is 4.74. The van der Waals surface area contributed by atoms with Gasteiger partial charge in [-0.15, -0.1) is 0 Å². The van der Waals surface area contributed by atoms with Gasteiger partial charge >= 0.3 is 0 Å². The predicted molar refractivity (Wildman–Crippen MR) is 99.1 cm³/mol. The molecule has 1 aromatic heterocycles. The number of nitrogens with one attached hydrogen (secondary N) is 1. The van der Waals surface area contributed by atoms with E-state index in [9.17, 15) is 5.21 Å². The number of nitrogens with zero attached hydrogens (tertiary/aromatic N) is 3. The third-order valence-corrected chi connectivity index (χ3v) is 4.74. The van der Waals surface area contributed by atoms with Crippen molar-refractivity contribution < 1.29 is 5.21 Å². The summed E-state index contributed by atoms with van der Waals surface area (Å²) in [4.78, 5) is 8.02. The topological polar surface area (TPSA) is 85.1 Å². The van der Waals surface area contributed by atoms with Crippen LogP contribution in [-0.4, -0.2) is 20.9 Å². The Morgan fingerprint density at radius 3 is 2.50 bits per heavy atom. The molecule has 0 fully saturated rings. The average Bonchev–Trinajstić information content (AvgIpc) is 3.25. The Kier molecular flexibility index (Phi) is 2.94. The third kappa shape index (κ3) is 1.90. The molecule has 0 saturated heterocycles. The number of nitriles is 1. The molecule has 0 spiro atoms. The lowest BCUT2D eigenvalue weighted by Gasteiger charge is -2.06. The maximum Gasteiger partial charge on any atom is 0.139 e. The molecular weight excluding hydrogens is 324 g/mol. The van der Waals surface area contributed by atoms with Crippen LogP contribution in [0.5, 0.6) is 0 Å². The van der Waals surface area contributed by atoms with Gasteiger partial charge in [0.1, 0.15) is 11.5 Å². The lowest BCUT2D eigenvalue weighted by molar-refractivity contribution is 0.320. The van der Waals surface area contributed by atoms with Crippen LogP contribution in [0.15, 0.2) is 65.8 Å². The van der Waals surface area contributed by atoms with Crippen LogP contribution < -0.4 is 0 Å². The van der Waals surface area contributed by atoms with Crippen LogP contribution in [0, 0.1) is 11.3 Å². The van der Waals surface area contributed by atoms with Gasteiger partial charge < -0.3 is 10.2 Å². The van der Waals surface area contributed by atoms with Gasteiger partial charge in [-0.25, -0.2) is 4.98 Å². The summed E-state index contributed by atoms with van der Waals surface area (Å²) in [5, 5.41) is 22.1. The molecule has 3 aromatic carbocycles. The Balaban J connectivity index is 1.79. The molecule has 5 nitrogen and oxygen atoms in total. The number of oxime groups is 1. The molecule has 0 unspecified atom stereocenters. The molecule has 1 aliphatic carbocycles. The van der Waals surface area contributed by atoms with E-state index in [1.54, 1.807) is 12.1 Å². The summed E-state index contributed by atoms with van der Waals surface area (Å²) < 4.78 is 0. The van der Waals surface area contributed by atoms with E-state index in [4.69, 9.17) is 5.26 Å². The highest BCUT2D eigenvalue weighted by molar-refractivity contribution is 6.26. The molecule has 0 radical (unpaired) electrons. The van der Waals surface area contributed by atoms with Crippen LogP contribution in [0.25, 0.3) is 33.5 Å². The predicted octanol–water partition coefficient (Wildman–Crippen LogP) is 4.31. The van der Waals surface area contributed by atoms with Crippen LogP contribution in [0.3, 0.4) is 0 Å². The minimum atomic E-state index is 0.570. The van der Waals surface area contributed by atoms with Gasteiger partial charge in [0.2, 0.25) is 0 Å². The van der Waals surface area contributed by atoms with Crippen molar-refractivity contribution in [2.75, 3.05) is 0 Å². The zero-order valence-electron chi connectivity index (χ0n) is 13.6. The van der Waals surface area contributed by atoms with E-state index in [2.05, 4.69) is 21.2 Å². The van der Waals surface area contributed by atoms with Crippen molar-refractivity contribution in [2.45, 2.75) is 0 Å². The van der Waals surface area contributed by atoms with E-state index in [-0.39, 0.29) is 0 Å². The standard InChI is InChI=1S/C21H12N4O/c22-11-12-8-9-17-18(10-12)24-21(23-17)16-7-3-6-15-19(16)13-4-1-2-5-14(13)20(15)25-26/h1-10,26H,(H,23,24). The Hall–Kier alpha value is -3.91. The Morgan fingerprint density at radius 2 is 1.69 bits per heavy atom. The lowest BCUT2D eigenvalue weighted by atomic mass is 9.99. The van der Waals surface area contributed by atoms with Gasteiger partial charge in [0.15, 0.2) is 0 Å². The van der Waals surface area contributed by atoms with Crippen molar-refractivity contribution in [3.8, 4) is 28.6 Å². The van der Waals surface area contributed by atoms with Crippen LogP contribution >= 0.6 is 0 Å². The highest BCUT2D eigenvalue weighted by Crippen LogP contribution is 2.42. The van der Waals surface area contributed by atoms with E-state index >= 15 is 0 Å². The van der Waals surface area contributed by atoms with Crippen LogP contribution in [0.4, 0.5) is 0 Å². The molecule has 1 aliphatic rings. The Bertz CT molecular complexity index is 1260. The van der Waals surface area contributed by atoms with Gasteiger partial charge in [0.05, 0.1) is 22.7 Å². The molecule has 0 bridgehead atoms. The number of benzene rings is 3. The maximum absolute atomic E-state index is 9.53. The van der Waals surface area contributed by atoms with Crippen molar-refractivity contribution in [1.29, 1.82) is 5.26 Å². The summed E-state index contributed by atoms with van der Waals surface area (Å²) >= 11 is 0. The number of aromatic nitrogens is 2. The van der Waals surface area contributed by atoms with Crippen molar-refractivity contribution in [2.24, 2.45) is 5.16 Å². The second-order valence-corrected chi connectivity index (χ2v) is 6.15. The maximum atomic E-state index is 9.53. The number of H-pyrrole nitrogens is 1. The highest BCUT2D eigenvalue weighted by atomic mass is 16.4. The molecule has 5 rings (SSSR count). The number of rotatable bonds is 1. The highest BCUT2D eigenvalue weighted by Gasteiger charge is 2.28. The molecular formula is C21H12N4O. The SMILES string of the molecule is N#Cc1ccc2[nH]c(-c3cccc4c3-c3ccccc3C4=NO)nc2c1. The Morgan fingerprint density at radius 1 is 0.923 bits per heavy atom. The van der Waals surface area contributed by atoms with Crippen LogP contribution in [0.2, 0.25) is 0 Å². The summed E-state index contributed by atoms with van der Waals surface area (Å²) in [6, 6.07) is 21.3. The number of imidazole rings is 1. The number of fused-ring (bicyclic) bond motifs is 4. The lowest BCUT2D eigenvalue weighted by Crippen LogP contribution is -1.97. The van der Waals surface area contributed by atoms with Gasteiger partial charge in [-0.2, -0.15) is 5.26 Å². The smallest absolute Gasteiger partial charge is 0.139 e. The van der Waals surface area contributed by atoms with E-state index in [1.807, 2.05) is 48.5 Å². The number of hydrogen-bond donors (Lipinski definition) is 2. The van der Waals surface area contributed by atoms with Crippen molar-refractivity contribution in [1.82, 2.24) is 9.97 Å². The van der Waals surface area contributed by atoms with Crippen molar-refractivity contribution >= 4 is 16.7 Å². The van der Waals surface area contributed by atoms with E-state index in [0.29, 0.717) is 11.3 Å². The quantitative estimate of drug-likeness (QED) is 0.353. The fourth-order valence-electron chi connectivity index (χ4n) is 3.60. The molecule has 4 aromatic rings. The molecule has 0 aliphatic heterocycles. The second kappa shape index (κ2) is 5.30. The fourth-order valence-corrected chi connectivity index (χ4v) is 3.60. The molecule has 26 heavy (non-hydrogen) atoms. The van der Waals surface area contributed by atoms with E-state index < -0.39 is 0 Å². The first-order valence-corrected chi connectivity index (χ1v) is 8.15. The summed E-state index contributed by atoms with van der Waals surface area (Å²) in [6.07, 6.45) is 0. The van der Waals surface area contributed by atoms with E-state index in [0.717, 1.165) is 44.7 Å². The summed E-state index contributed by atoms with van der Waals surface area (Å²) in [5.74, 6) is 0.723. The largest absolute Gasteiger partial charge is 0.410 e. The molecule has 0 amide bonds. The summed E-state index contributed by atoms with van der Waals surface area (Å²) in [6.45, 7) is 0. The fraction of sp³-hybridized carbons (Fsp3) is 0. The van der Waals surface area contributed by atoms with Gasteiger partial charge in [-0.1, -0.05) is 47.6 Å². The second-order valence-electron chi connectivity index (χ2n) is 6.15. The van der Waals surface area contributed by atoms with Gasteiger partial charge in [0.25, 0.3) is 0 Å².